The maximum Gasteiger partial charge on any atom is 0.238 e. The van der Waals surface area contributed by atoms with Crippen molar-refractivity contribution in [2.45, 2.75) is 33.7 Å². The lowest BCUT2D eigenvalue weighted by Gasteiger charge is -2.16. The average molecular weight is 394 g/mol. The second kappa shape index (κ2) is 9.13. The summed E-state index contributed by atoms with van der Waals surface area (Å²) >= 11 is 1.64. The standard InChI is InChI=1S/C23H27N3OS/c1-5-18-9-11-19(12-10-18)23-24-20(15-28-23)13-26(4)14-22(27)25-21-8-6-7-16(2)17(21)3/h6-12,15H,5,13-14H2,1-4H3,(H,25,27). The third-order valence-corrected chi connectivity index (χ3v) is 5.83. The third-order valence-electron chi connectivity index (χ3n) is 4.89. The van der Waals surface area contributed by atoms with Crippen LogP contribution in [0.4, 0.5) is 5.69 Å². The van der Waals surface area contributed by atoms with Crippen LogP contribution in [0.3, 0.4) is 0 Å². The van der Waals surface area contributed by atoms with E-state index in [4.69, 9.17) is 4.98 Å². The van der Waals surface area contributed by atoms with Crippen LogP contribution in [0, 0.1) is 13.8 Å². The van der Waals surface area contributed by atoms with Gasteiger partial charge in [-0.3, -0.25) is 9.69 Å². The van der Waals surface area contributed by atoms with E-state index in [0.29, 0.717) is 13.1 Å². The molecule has 5 heteroatoms. The van der Waals surface area contributed by atoms with Crippen molar-refractivity contribution < 1.29 is 4.79 Å². The molecule has 0 unspecified atom stereocenters. The van der Waals surface area contributed by atoms with Crippen molar-refractivity contribution in [3.63, 3.8) is 0 Å². The quantitative estimate of drug-likeness (QED) is 0.610. The lowest BCUT2D eigenvalue weighted by Crippen LogP contribution is -2.30. The highest BCUT2D eigenvalue weighted by atomic mass is 32.1. The van der Waals surface area contributed by atoms with Crippen LogP contribution >= 0.6 is 11.3 Å². The van der Waals surface area contributed by atoms with Crippen LogP contribution in [0.5, 0.6) is 0 Å². The van der Waals surface area contributed by atoms with Crippen molar-refractivity contribution in [1.82, 2.24) is 9.88 Å². The summed E-state index contributed by atoms with van der Waals surface area (Å²) in [6, 6.07) is 14.5. The van der Waals surface area contributed by atoms with Crippen molar-refractivity contribution >= 4 is 22.9 Å². The molecular weight excluding hydrogens is 366 g/mol. The van der Waals surface area contributed by atoms with Crippen LogP contribution in [0.25, 0.3) is 10.6 Å². The van der Waals surface area contributed by atoms with Crippen LogP contribution in [0.2, 0.25) is 0 Å². The van der Waals surface area contributed by atoms with Gasteiger partial charge >= 0.3 is 0 Å². The first-order chi connectivity index (χ1) is 13.5. The molecule has 1 heterocycles. The average Bonchev–Trinajstić information content (AvgIpc) is 3.13. The second-order valence-electron chi connectivity index (χ2n) is 7.16. The molecule has 0 aliphatic carbocycles. The van der Waals surface area contributed by atoms with Crippen LogP contribution < -0.4 is 5.32 Å². The number of amides is 1. The first-order valence-electron chi connectivity index (χ1n) is 9.54. The van der Waals surface area contributed by atoms with Gasteiger partial charge in [0.25, 0.3) is 0 Å². The van der Waals surface area contributed by atoms with Gasteiger partial charge < -0.3 is 5.32 Å². The minimum Gasteiger partial charge on any atom is -0.325 e. The zero-order valence-corrected chi connectivity index (χ0v) is 17.8. The molecule has 28 heavy (non-hydrogen) atoms. The topological polar surface area (TPSA) is 45.2 Å². The molecule has 0 atom stereocenters. The Bertz CT molecular complexity index is 947. The monoisotopic (exact) mass is 393 g/mol. The van der Waals surface area contributed by atoms with Gasteiger partial charge in [-0.25, -0.2) is 4.98 Å². The van der Waals surface area contributed by atoms with Crippen molar-refractivity contribution in [3.8, 4) is 10.6 Å². The Morgan fingerprint density at radius 2 is 1.89 bits per heavy atom. The van der Waals surface area contributed by atoms with Gasteiger partial charge in [0.05, 0.1) is 12.2 Å². The maximum absolute atomic E-state index is 12.4. The Morgan fingerprint density at radius 3 is 2.61 bits per heavy atom. The number of thiazole rings is 1. The van der Waals surface area contributed by atoms with Gasteiger partial charge in [-0.2, -0.15) is 0 Å². The summed E-state index contributed by atoms with van der Waals surface area (Å²) in [6.45, 7) is 7.20. The smallest absolute Gasteiger partial charge is 0.238 e. The van der Waals surface area contributed by atoms with E-state index in [2.05, 4.69) is 41.9 Å². The molecule has 3 rings (SSSR count). The van der Waals surface area contributed by atoms with E-state index >= 15 is 0 Å². The maximum atomic E-state index is 12.4. The molecule has 0 bridgehead atoms. The molecule has 0 saturated heterocycles. The van der Waals surface area contributed by atoms with Crippen molar-refractivity contribution in [1.29, 1.82) is 0 Å². The van der Waals surface area contributed by atoms with E-state index in [1.54, 1.807) is 11.3 Å². The molecule has 4 nitrogen and oxygen atoms in total. The molecule has 0 fully saturated rings. The fourth-order valence-electron chi connectivity index (χ4n) is 3.05. The molecule has 0 radical (unpaired) electrons. The molecule has 1 amide bonds. The number of rotatable bonds is 7. The zero-order valence-electron chi connectivity index (χ0n) is 17.0. The minimum absolute atomic E-state index is 0.0122. The summed E-state index contributed by atoms with van der Waals surface area (Å²) in [5.41, 5.74) is 6.62. The summed E-state index contributed by atoms with van der Waals surface area (Å²) in [5, 5.41) is 6.10. The van der Waals surface area contributed by atoms with Crippen molar-refractivity contribution in [2.75, 3.05) is 18.9 Å². The molecule has 0 saturated carbocycles. The van der Waals surface area contributed by atoms with E-state index in [9.17, 15) is 4.79 Å². The predicted octanol–water partition coefficient (Wildman–Crippen LogP) is 5.06. The van der Waals surface area contributed by atoms with Gasteiger partial charge in [-0.1, -0.05) is 43.3 Å². The van der Waals surface area contributed by atoms with E-state index in [1.165, 1.54) is 11.1 Å². The molecule has 0 aliphatic rings. The molecule has 1 aromatic heterocycles. The van der Waals surface area contributed by atoms with Crippen LogP contribution in [0.15, 0.2) is 47.8 Å². The molecule has 0 aliphatic heterocycles. The Kier molecular flexibility index (Phi) is 6.60. The largest absolute Gasteiger partial charge is 0.325 e. The van der Waals surface area contributed by atoms with E-state index in [1.807, 2.05) is 44.0 Å². The number of aryl methyl sites for hydroxylation is 2. The summed E-state index contributed by atoms with van der Waals surface area (Å²) < 4.78 is 0. The van der Waals surface area contributed by atoms with Gasteiger partial charge in [0, 0.05) is 23.2 Å². The number of anilines is 1. The number of likely N-dealkylation sites (N-methyl/N-ethyl adjacent to an activating group) is 1. The number of nitrogens with zero attached hydrogens (tertiary/aromatic N) is 2. The van der Waals surface area contributed by atoms with Crippen molar-refractivity contribution in [2.24, 2.45) is 0 Å². The fraction of sp³-hybridized carbons (Fsp3) is 0.304. The number of aromatic nitrogens is 1. The Labute approximate surface area is 171 Å². The SMILES string of the molecule is CCc1ccc(-c2nc(CN(C)CC(=O)Nc3cccc(C)c3C)cs2)cc1. The molecule has 3 aromatic rings. The molecule has 0 spiro atoms. The van der Waals surface area contributed by atoms with E-state index < -0.39 is 0 Å². The Balaban J connectivity index is 1.57. The summed E-state index contributed by atoms with van der Waals surface area (Å²) in [6.07, 6.45) is 1.04. The summed E-state index contributed by atoms with van der Waals surface area (Å²) in [7, 11) is 1.94. The highest BCUT2D eigenvalue weighted by Crippen LogP contribution is 2.24. The van der Waals surface area contributed by atoms with Crippen LogP contribution in [-0.2, 0) is 17.8 Å². The molecule has 146 valence electrons. The lowest BCUT2D eigenvalue weighted by atomic mass is 10.1. The number of nitrogens with one attached hydrogen (secondary N) is 1. The predicted molar refractivity (Wildman–Crippen MR) is 118 cm³/mol. The fourth-order valence-corrected chi connectivity index (χ4v) is 3.87. The second-order valence-corrected chi connectivity index (χ2v) is 8.02. The van der Waals surface area contributed by atoms with Crippen LogP contribution in [-0.4, -0.2) is 29.4 Å². The normalized spacial score (nSPS) is 11.0. The lowest BCUT2D eigenvalue weighted by molar-refractivity contribution is -0.117. The summed E-state index contributed by atoms with van der Waals surface area (Å²) in [4.78, 5) is 19.1. The number of carbonyl (C=O) groups is 1. The molecular formula is C23H27N3OS. The first kappa shape index (κ1) is 20.2. The van der Waals surface area contributed by atoms with Crippen LogP contribution in [0.1, 0.15) is 29.3 Å². The van der Waals surface area contributed by atoms with Crippen molar-refractivity contribution in [3.05, 3.63) is 70.2 Å². The Morgan fingerprint density at radius 1 is 1.14 bits per heavy atom. The highest BCUT2D eigenvalue weighted by molar-refractivity contribution is 7.13. The van der Waals surface area contributed by atoms with Gasteiger partial charge in [0.15, 0.2) is 0 Å². The minimum atomic E-state index is -0.0122. The number of benzene rings is 2. The highest BCUT2D eigenvalue weighted by Gasteiger charge is 2.12. The number of hydrogen-bond donors (Lipinski definition) is 1. The van der Waals surface area contributed by atoms with Gasteiger partial charge in [0.1, 0.15) is 5.01 Å². The number of hydrogen-bond acceptors (Lipinski definition) is 4. The van der Waals surface area contributed by atoms with Gasteiger partial charge in [-0.15, -0.1) is 11.3 Å². The van der Waals surface area contributed by atoms with E-state index in [-0.39, 0.29) is 5.91 Å². The third kappa shape index (κ3) is 5.06. The molecule has 1 N–H and O–H groups in total. The summed E-state index contributed by atoms with van der Waals surface area (Å²) in [5.74, 6) is -0.0122. The number of carbonyl (C=O) groups excluding carboxylic acids is 1. The first-order valence-corrected chi connectivity index (χ1v) is 10.4. The molecule has 2 aromatic carbocycles. The van der Waals surface area contributed by atoms with E-state index in [0.717, 1.165) is 33.9 Å². The van der Waals surface area contributed by atoms with Gasteiger partial charge in [0.2, 0.25) is 5.91 Å². The van der Waals surface area contributed by atoms with Gasteiger partial charge in [-0.05, 0) is 50.1 Å². The zero-order chi connectivity index (χ0) is 20.1. The Hall–Kier alpha value is -2.50.